The molecule has 100 valence electrons. The van der Waals surface area contributed by atoms with Crippen LogP contribution in [0.5, 0.6) is 0 Å². The highest BCUT2D eigenvalue weighted by Gasteiger charge is 2.15. The minimum Gasteiger partial charge on any atom is -0.314 e. The first-order valence-electron chi connectivity index (χ1n) is 6.04. The molecule has 0 aromatic rings. The number of halogens is 2. The zero-order valence-electron chi connectivity index (χ0n) is 11.0. The second kappa shape index (κ2) is 9.52. The Kier molecular flexibility index (Phi) is 11.2. The molecule has 2 heterocycles. The number of hydrogen-bond donors (Lipinski definition) is 2. The van der Waals surface area contributed by atoms with E-state index in [0.717, 1.165) is 23.9 Å². The van der Waals surface area contributed by atoms with Crippen LogP contribution in [0.2, 0.25) is 0 Å². The van der Waals surface area contributed by atoms with E-state index < -0.39 is 0 Å². The topological polar surface area (TPSA) is 24.1 Å². The van der Waals surface area contributed by atoms with Gasteiger partial charge in [-0.05, 0) is 51.6 Å². The van der Waals surface area contributed by atoms with Gasteiger partial charge in [-0.1, -0.05) is 13.8 Å². The van der Waals surface area contributed by atoms with Crippen LogP contribution in [-0.4, -0.2) is 25.2 Å². The summed E-state index contributed by atoms with van der Waals surface area (Å²) < 4.78 is 0. The second-order valence-electron chi connectivity index (χ2n) is 5.30. The van der Waals surface area contributed by atoms with Crippen molar-refractivity contribution in [2.24, 2.45) is 11.8 Å². The summed E-state index contributed by atoms with van der Waals surface area (Å²) in [6.07, 6.45) is 2.72. The van der Waals surface area contributed by atoms with E-state index in [1.807, 2.05) is 0 Å². The molecule has 0 radical (unpaired) electrons. The number of rotatable bonds is 0. The first-order valence-corrected chi connectivity index (χ1v) is 6.04. The first kappa shape index (κ1) is 18.9. The molecule has 0 amide bonds. The Morgan fingerprint density at radius 1 is 0.688 bits per heavy atom. The molecular weight excluding hydrogens is 243 g/mol. The quantitative estimate of drug-likeness (QED) is 0.708. The average molecular weight is 271 g/mol. The van der Waals surface area contributed by atoms with Crippen LogP contribution in [0.25, 0.3) is 0 Å². The standard InChI is InChI=1S/2C6H13N.2ClH/c2*1-5-3-6(2)7-4-5;;/h2*5-7H,3-4H2,1-2H3;2*1H/t2*5-,6-;;/m10../s1. The molecule has 2 aliphatic heterocycles. The van der Waals surface area contributed by atoms with Gasteiger partial charge < -0.3 is 10.6 Å². The van der Waals surface area contributed by atoms with Gasteiger partial charge in [0.1, 0.15) is 0 Å². The van der Waals surface area contributed by atoms with Crippen LogP contribution >= 0.6 is 24.8 Å². The molecule has 0 bridgehead atoms. The maximum Gasteiger partial charge on any atom is 0.00418 e. The maximum atomic E-state index is 3.37. The van der Waals surface area contributed by atoms with E-state index in [0.29, 0.717) is 0 Å². The highest BCUT2D eigenvalue weighted by atomic mass is 35.5. The predicted octanol–water partition coefficient (Wildman–Crippen LogP) is 2.85. The van der Waals surface area contributed by atoms with Crippen molar-refractivity contribution in [2.75, 3.05) is 13.1 Å². The second-order valence-corrected chi connectivity index (χ2v) is 5.30. The lowest BCUT2D eigenvalue weighted by Gasteiger charge is -1.96. The molecule has 4 atom stereocenters. The Labute approximate surface area is 113 Å². The molecule has 0 spiro atoms. The van der Waals surface area contributed by atoms with Crippen molar-refractivity contribution < 1.29 is 0 Å². The Morgan fingerprint density at radius 2 is 1.00 bits per heavy atom. The summed E-state index contributed by atoms with van der Waals surface area (Å²) in [5.74, 6) is 1.82. The van der Waals surface area contributed by atoms with Crippen molar-refractivity contribution in [3.8, 4) is 0 Å². The van der Waals surface area contributed by atoms with E-state index in [2.05, 4.69) is 38.3 Å². The first-order chi connectivity index (χ1) is 6.58. The van der Waals surface area contributed by atoms with Crippen LogP contribution < -0.4 is 10.6 Å². The van der Waals surface area contributed by atoms with Crippen LogP contribution in [0.15, 0.2) is 0 Å². The molecule has 2 nitrogen and oxygen atoms in total. The highest BCUT2D eigenvalue weighted by Crippen LogP contribution is 2.11. The predicted molar refractivity (Wildman–Crippen MR) is 77.0 cm³/mol. The zero-order chi connectivity index (χ0) is 10.6. The summed E-state index contributed by atoms with van der Waals surface area (Å²) >= 11 is 0. The highest BCUT2D eigenvalue weighted by molar-refractivity contribution is 5.85. The lowest BCUT2D eigenvalue weighted by atomic mass is 10.1. The fraction of sp³-hybridized carbons (Fsp3) is 1.00. The number of nitrogens with one attached hydrogen (secondary N) is 2. The largest absolute Gasteiger partial charge is 0.314 e. The SMILES string of the molecule is C[C@@H]1CN[C@@H](C)C1.C[C@H]1CN[C@H](C)C1.Cl.Cl. The van der Waals surface area contributed by atoms with E-state index >= 15 is 0 Å². The third-order valence-electron chi connectivity index (χ3n) is 3.14. The van der Waals surface area contributed by atoms with Crippen LogP contribution in [0.3, 0.4) is 0 Å². The van der Waals surface area contributed by atoms with Crippen molar-refractivity contribution in [3.05, 3.63) is 0 Å². The summed E-state index contributed by atoms with van der Waals surface area (Å²) in [6, 6.07) is 1.55. The average Bonchev–Trinajstić information content (AvgIpc) is 2.63. The minimum absolute atomic E-state index is 0. The Bertz CT molecular complexity index is 133. The molecule has 16 heavy (non-hydrogen) atoms. The van der Waals surface area contributed by atoms with Gasteiger partial charge in [-0.15, -0.1) is 24.8 Å². The van der Waals surface area contributed by atoms with Gasteiger partial charge in [0.05, 0.1) is 0 Å². The van der Waals surface area contributed by atoms with Gasteiger partial charge in [-0.3, -0.25) is 0 Å². The van der Waals surface area contributed by atoms with Crippen molar-refractivity contribution in [1.29, 1.82) is 0 Å². The fourth-order valence-electron chi connectivity index (χ4n) is 2.35. The third-order valence-corrected chi connectivity index (χ3v) is 3.14. The van der Waals surface area contributed by atoms with Crippen LogP contribution in [0.4, 0.5) is 0 Å². The molecule has 0 saturated carbocycles. The molecule has 2 fully saturated rings. The Balaban J connectivity index is 0. The smallest absolute Gasteiger partial charge is 0.00418 e. The fourth-order valence-corrected chi connectivity index (χ4v) is 2.35. The summed E-state index contributed by atoms with van der Waals surface area (Å²) in [6.45, 7) is 11.5. The third kappa shape index (κ3) is 7.72. The van der Waals surface area contributed by atoms with E-state index in [1.165, 1.54) is 25.9 Å². The Morgan fingerprint density at radius 3 is 1.06 bits per heavy atom. The minimum atomic E-state index is 0. The molecule has 2 rings (SSSR count). The maximum absolute atomic E-state index is 3.37. The normalized spacial score (nSPS) is 36.8. The van der Waals surface area contributed by atoms with Gasteiger partial charge in [0.15, 0.2) is 0 Å². The lowest BCUT2D eigenvalue weighted by Crippen LogP contribution is -2.16. The summed E-state index contributed by atoms with van der Waals surface area (Å²) in [5.41, 5.74) is 0. The van der Waals surface area contributed by atoms with Gasteiger partial charge in [0, 0.05) is 12.1 Å². The zero-order valence-corrected chi connectivity index (χ0v) is 12.6. The van der Waals surface area contributed by atoms with E-state index in [1.54, 1.807) is 0 Å². The summed E-state index contributed by atoms with van der Waals surface area (Å²) in [4.78, 5) is 0. The molecular formula is C12H28Cl2N2. The van der Waals surface area contributed by atoms with Crippen LogP contribution in [0.1, 0.15) is 40.5 Å². The molecule has 4 heteroatoms. The molecule has 0 aromatic carbocycles. The molecule has 2 aliphatic rings. The van der Waals surface area contributed by atoms with Crippen molar-refractivity contribution in [1.82, 2.24) is 10.6 Å². The van der Waals surface area contributed by atoms with E-state index in [-0.39, 0.29) is 24.8 Å². The lowest BCUT2D eigenvalue weighted by molar-refractivity contribution is 0.622. The van der Waals surface area contributed by atoms with E-state index in [9.17, 15) is 0 Å². The van der Waals surface area contributed by atoms with E-state index in [4.69, 9.17) is 0 Å². The van der Waals surface area contributed by atoms with Crippen LogP contribution in [-0.2, 0) is 0 Å². The summed E-state index contributed by atoms with van der Waals surface area (Å²) in [5, 5.41) is 6.74. The van der Waals surface area contributed by atoms with Gasteiger partial charge in [-0.25, -0.2) is 0 Å². The van der Waals surface area contributed by atoms with Crippen molar-refractivity contribution in [3.63, 3.8) is 0 Å². The molecule has 0 aliphatic carbocycles. The van der Waals surface area contributed by atoms with Crippen molar-refractivity contribution >= 4 is 24.8 Å². The van der Waals surface area contributed by atoms with Gasteiger partial charge >= 0.3 is 0 Å². The number of hydrogen-bond acceptors (Lipinski definition) is 2. The monoisotopic (exact) mass is 270 g/mol. The van der Waals surface area contributed by atoms with Crippen LogP contribution in [0, 0.1) is 11.8 Å². The van der Waals surface area contributed by atoms with Gasteiger partial charge in [0.25, 0.3) is 0 Å². The van der Waals surface area contributed by atoms with Gasteiger partial charge in [-0.2, -0.15) is 0 Å². The molecule has 2 saturated heterocycles. The molecule has 0 unspecified atom stereocenters. The molecule has 2 N–H and O–H groups in total. The summed E-state index contributed by atoms with van der Waals surface area (Å²) in [7, 11) is 0. The molecule has 0 aromatic heterocycles. The Hall–Kier alpha value is 0.500. The van der Waals surface area contributed by atoms with Crippen molar-refractivity contribution in [2.45, 2.75) is 52.6 Å². The van der Waals surface area contributed by atoms with Gasteiger partial charge in [0.2, 0.25) is 0 Å².